The second kappa shape index (κ2) is 12.4. The quantitative estimate of drug-likeness (QED) is 0.373. The monoisotopic (exact) mass is 426 g/mol. The second-order valence-corrected chi connectivity index (χ2v) is 6.32. The number of likely N-dealkylation sites (tertiary alicyclic amines) is 1. The fraction of sp³-hybridized carbons (Fsp3) is 0.938. The average Bonchev–Trinajstić information content (AvgIpc) is 2.45. The Bertz CT molecular complexity index is 313. The molecule has 0 aliphatic carbocycles. The number of guanidine groups is 1. The van der Waals surface area contributed by atoms with Crippen LogP contribution in [0.15, 0.2) is 4.99 Å². The lowest BCUT2D eigenvalue weighted by atomic mass is 9.97. The molecule has 2 N–H and O–H groups in total. The van der Waals surface area contributed by atoms with Crippen molar-refractivity contribution in [3.05, 3.63) is 0 Å². The maximum Gasteiger partial charge on any atom is 0.191 e. The van der Waals surface area contributed by atoms with Crippen molar-refractivity contribution in [3.8, 4) is 0 Å². The van der Waals surface area contributed by atoms with E-state index in [-0.39, 0.29) is 30.0 Å². The fourth-order valence-electron chi connectivity index (χ4n) is 2.78. The van der Waals surface area contributed by atoms with Gasteiger partial charge >= 0.3 is 0 Å². The van der Waals surface area contributed by atoms with E-state index in [1.54, 1.807) is 7.11 Å². The summed E-state index contributed by atoms with van der Waals surface area (Å²) in [6.07, 6.45) is 2.59. The van der Waals surface area contributed by atoms with Crippen molar-refractivity contribution in [1.29, 1.82) is 0 Å². The Morgan fingerprint density at radius 1 is 1.36 bits per heavy atom. The molecular formula is C16H35IN4O. The molecule has 1 aliphatic rings. The number of halogens is 1. The van der Waals surface area contributed by atoms with Crippen LogP contribution in [0.4, 0.5) is 0 Å². The zero-order chi connectivity index (χ0) is 15.7. The first-order valence-electron chi connectivity index (χ1n) is 8.34. The molecular weight excluding hydrogens is 391 g/mol. The Morgan fingerprint density at radius 3 is 2.68 bits per heavy atom. The Hall–Kier alpha value is -0.0800. The lowest BCUT2D eigenvalue weighted by Crippen LogP contribution is -2.45. The van der Waals surface area contributed by atoms with E-state index < -0.39 is 0 Å². The Balaban J connectivity index is 0.00000441. The molecule has 6 heteroatoms. The molecule has 0 aromatic carbocycles. The highest BCUT2D eigenvalue weighted by Gasteiger charge is 2.21. The molecule has 1 heterocycles. The zero-order valence-electron chi connectivity index (χ0n) is 14.9. The molecule has 1 rings (SSSR count). The number of nitrogens with one attached hydrogen (secondary N) is 2. The molecule has 0 bridgehead atoms. The smallest absolute Gasteiger partial charge is 0.191 e. The van der Waals surface area contributed by atoms with E-state index >= 15 is 0 Å². The van der Waals surface area contributed by atoms with Crippen molar-refractivity contribution in [2.75, 3.05) is 39.9 Å². The van der Waals surface area contributed by atoms with Gasteiger partial charge in [-0.15, -0.1) is 24.0 Å². The number of ether oxygens (including phenoxy) is 1. The van der Waals surface area contributed by atoms with Crippen LogP contribution in [0.5, 0.6) is 0 Å². The van der Waals surface area contributed by atoms with Crippen LogP contribution in [0.25, 0.3) is 0 Å². The van der Waals surface area contributed by atoms with Gasteiger partial charge in [-0.1, -0.05) is 0 Å². The molecule has 0 aromatic heterocycles. The van der Waals surface area contributed by atoms with Gasteiger partial charge in [-0.3, -0.25) is 4.99 Å². The lowest BCUT2D eigenvalue weighted by Gasteiger charge is -2.34. The third-order valence-electron chi connectivity index (χ3n) is 3.93. The number of hydrogen-bond donors (Lipinski definition) is 2. The SMILES string of the molecule is CCNC(=NCC1CCCN(C(C)C)C1)NC(C)COC.I. The average molecular weight is 426 g/mol. The highest BCUT2D eigenvalue weighted by molar-refractivity contribution is 14.0. The summed E-state index contributed by atoms with van der Waals surface area (Å²) in [7, 11) is 1.73. The first-order chi connectivity index (χ1) is 10.1. The first kappa shape index (κ1) is 21.9. The van der Waals surface area contributed by atoms with E-state index in [9.17, 15) is 0 Å². The Labute approximate surface area is 153 Å². The predicted molar refractivity (Wildman–Crippen MR) is 105 cm³/mol. The highest BCUT2D eigenvalue weighted by Crippen LogP contribution is 2.18. The van der Waals surface area contributed by atoms with Gasteiger partial charge in [0.1, 0.15) is 0 Å². The van der Waals surface area contributed by atoms with E-state index in [1.807, 2.05) is 0 Å². The number of rotatable bonds is 7. The van der Waals surface area contributed by atoms with E-state index in [2.05, 4.69) is 43.2 Å². The molecule has 1 fully saturated rings. The van der Waals surface area contributed by atoms with Crippen LogP contribution in [0.1, 0.15) is 40.5 Å². The fourth-order valence-corrected chi connectivity index (χ4v) is 2.78. The summed E-state index contributed by atoms with van der Waals surface area (Å²) in [6.45, 7) is 13.7. The highest BCUT2D eigenvalue weighted by atomic mass is 127. The summed E-state index contributed by atoms with van der Waals surface area (Å²) in [5.41, 5.74) is 0. The topological polar surface area (TPSA) is 48.9 Å². The molecule has 0 aromatic rings. The molecule has 1 saturated heterocycles. The Morgan fingerprint density at radius 2 is 2.09 bits per heavy atom. The van der Waals surface area contributed by atoms with E-state index in [0.717, 1.165) is 19.0 Å². The van der Waals surface area contributed by atoms with Crippen LogP contribution in [-0.4, -0.2) is 62.8 Å². The van der Waals surface area contributed by atoms with Crippen molar-refractivity contribution in [2.45, 2.75) is 52.6 Å². The summed E-state index contributed by atoms with van der Waals surface area (Å²) in [5.74, 6) is 1.58. The first-order valence-corrected chi connectivity index (χ1v) is 8.34. The summed E-state index contributed by atoms with van der Waals surface area (Å²) in [5, 5.41) is 6.71. The van der Waals surface area contributed by atoms with Gasteiger partial charge in [0, 0.05) is 38.8 Å². The number of piperidine rings is 1. The normalized spacial score (nSPS) is 21.4. The molecule has 132 valence electrons. The molecule has 1 aliphatic heterocycles. The molecule has 0 amide bonds. The zero-order valence-corrected chi connectivity index (χ0v) is 17.2. The minimum atomic E-state index is 0. The van der Waals surface area contributed by atoms with E-state index in [1.165, 1.54) is 25.9 Å². The number of hydrogen-bond acceptors (Lipinski definition) is 3. The predicted octanol–water partition coefficient (Wildman–Crippen LogP) is 2.31. The minimum absolute atomic E-state index is 0. The summed E-state index contributed by atoms with van der Waals surface area (Å²) in [4.78, 5) is 7.33. The maximum atomic E-state index is 5.17. The van der Waals surface area contributed by atoms with Crippen LogP contribution in [0, 0.1) is 5.92 Å². The number of methoxy groups -OCH3 is 1. The lowest BCUT2D eigenvalue weighted by molar-refractivity contribution is 0.143. The molecule has 2 atom stereocenters. The van der Waals surface area contributed by atoms with Crippen LogP contribution in [0.3, 0.4) is 0 Å². The van der Waals surface area contributed by atoms with Crippen molar-refractivity contribution < 1.29 is 4.74 Å². The number of nitrogens with zero attached hydrogens (tertiary/aromatic N) is 2. The van der Waals surface area contributed by atoms with Crippen molar-refractivity contribution in [3.63, 3.8) is 0 Å². The molecule has 2 unspecified atom stereocenters. The van der Waals surface area contributed by atoms with Gasteiger partial charge < -0.3 is 20.3 Å². The van der Waals surface area contributed by atoms with Gasteiger partial charge in [-0.25, -0.2) is 0 Å². The van der Waals surface area contributed by atoms with Crippen LogP contribution >= 0.6 is 24.0 Å². The van der Waals surface area contributed by atoms with Crippen molar-refractivity contribution in [1.82, 2.24) is 15.5 Å². The second-order valence-electron chi connectivity index (χ2n) is 6.32. The van der Waals surface area contributed by atoms with Crippen LogP contribution in [-0.2, 0) is 4.74 Å². The van der Waals surface area contributed by atoms with Gasteiger partial charge in [0.2, 0.25) is 0 Å². The summed E-state index contributed by atoms with van der Waals surface area (Å²) >= 11 is 0. The summed E-state index contributed by atoms with van der Waals surface area (Å²) in [6, 6.07) is 0.913. The molecule has 0 spiro atoms. The van der Waals surface area contributed by atoms with Crippen LogP contribution < -0.4 is 10.6 Å². The van der Waals surface area contributed by atoms with Crippen molar-refractivity contribution in [2.24, 2.45) is 10.9 Å². The molecule has 0 radical (unpaired) electrons. The van der Waals surface area contributed by atoms with E-state index in [4.69, 9.17) is 9.73 Å². The summed E-state index contributed by atoms with van der Waals surface area (Å²) < 4.78 is 5.17. The molecule has 5 nitrogen and oxygen atoms in total. The van der Waals surface area contributed by atoms with Gasteiger partial charge in [0.05, 0.1) is 6.61 Å². The maximum absolute atomic E-state index is 5.17. The van der Waals surface area contributed by atoms with Crippen LogP contribution in [0.2, 0.25) is 0 Å². The number of aliphatic imine (C=N–C) groups is 1. The Kier molecular flexibility index (Phi) is 12.3. The van der Waals surface area contributed by atoms with Gasteiger partial charge in [0.15, 0.2) is 5.96 Å². The minimum Gasteiger partial charge on any atom is -0.383 e. The van der Waals surface area contributed by atoms with Crippen molar-refractivity contribution >= 4 is 29.9 Å². The third-order valence-corrected chi connectivity index (χ3v) is 3.93. The molecule has 0 saturated carbocycles. The van der Waals surface area contributed by atoms with E-state index in [0.29, 0.717) is 18.6 Å². The third kappa shape index (κ3) is 8.53. The van der Waals surface area contributed by atoms with Gasteiger partial charge in [-0.05, 0) is 53.0 Å². The van der Waals surface area contributed by atoms with Gasteiger partial charge in [-0.2, -0.15) is 0 Å². The molecule has 22 heavy (non-hydrogen) atoms. The van der Waals surface area contributed by atoms with Gasteiger partial charge in [0.25, 0.3) is 0 Å². The standard InChI is InChI=1S/C16H34N4O.HI/c1-6-17-16(19-14(4)12-21-5)18-10-15-8-7-9-20(11-15)13(2)3;/h13-15H,6-12H2,1-5H3,(H2,17,18,19);1H. The largest absolute Gasteiger partial charge is 0.383 e.